The number of methoxy groups -OCH3 is 1. The quantitative estimate of drug-likeness (QED) is 0.643. The number of aryl methyl sites for hydroxylation is 1. The van der Waals surface area contributed by atoms with Crippen LogP contribution in [0.25, 0.3) is 0 Å². The molecule has 0 unspecified atom stereocenters. The summed E-state index contributed by atoms with van der Waals surface area (Å²) in [7, 11) is 3.40. The number of benzene rings is 2. The molecule has 3 aromatic rings. The molecule has 1 heterocycles. The number of nitrogens with zero attached hydrogens (tertiary/aromatic N) is 2. The van der Waals surface area contributed by atoms with Crippen LogP contribution in [0.4, 0.5) is 4.79 Å². The molecule has 0 bridgehead atoms. The Morgan fingerprint density at radius 2 is 1.79 bits per heavy atom. The zero-order valence-corrected chi connectivity index (χ0v) is 16.9. The van der Waals surface area contributed by atoms with E-state index in [-0.39, 0.29) is 6.03 Å². The molecule has 3 rings (SSSR count). The van der Waals surface area contributed by atoms with Gasteiger partial charge in [0.1, 0.15) is 11.5 Å². The molecular formula is C23H25N3O3. The third-order valence-corrected chi connectivity index (χ3v) is 4.54. The molecule has 1 aromatic heterocycles. The lowest BCUT2D eigenvalue weighted by Crippen LogP contribution is -2.36. The van der Waals surface area contributed by atoms with Crippen LogP contribution in [0.3, 0.4) is 0 Å². The Kier molecular flexibility index (Phi) is 6.68. The maximum atomic E-state index is 12.4. The first kappa shape index (κ1) is 20.2. The van der Waals surface area contributed by atoms with Crippen LogP contribution < -0.4 is 14.8 Å². The molecule has 6 heteroatoms. The van der Waals surface area contributed by atoms with Gasteiger partial charge in [-0.05, 0) is 53.9 Å². The fourth-order valence-corrected chi connectivity index (χ4v) is 2.81. The topological polar surface area (TPSA) is 63.7 Å². The number of pyridine rings is 1. The highest BCUT2D eigenvalue weighted by molar-refractivity contribution is 5.73. The molecule has 0 aliphatic carbocycles. The highest BCUT2D eigenvalue weighted by Crippen LogP contribution is 2.22. The Balaban J connectivity index is 1.55. The minimum atomic E-state index is -0.136. The van der Waals surface area contributed by atoms with Gasteiger partial charge in [0.05, 0.1) is 7.11 Å². The van der Waals surface area contributed by atoms with Gasteiger partial charge >= 0.3 is 6.03 Å². The average Bonchev–Trinajstić information content (AvgIpc) is 2.74. The first-order chi connectivity index (χ1) is 14.0. The molecule has 2 amide bonds. The predicted molar refractivity (Wildman–Crippen MR) is 112 cm³/mol. The average molecular weight is 391 g/mol. The van der Waals surface area contributed by atoms with Crippen LogP contribution in [0.5, 0.6) is 17.4 Å². The standard InChI is InChI=1S/C23H25N3O3/c1-17-6-4-5-7-19(17)16-26(2)23(27)25-15-18-12-13-24-22(14-18)29-21-10-8-20(28-3)9-11-21/h4-14H,15-16H2,1-3H3,(H,25,27). The number of carbonyl (C=O) groups is 1. The van der Waals surface area contributed by atoms with Gasteiger partial charge < -0.3 is 19.7 Å². The van der Waals surface area contributed by atoms with E-state index in [1.165, 1.54) is 5.56 Å². The Bertz CT molecular complexity index is 958. The summed E-state index contributed by atoms with van der Waals surface area (Å²) >= 11 is 0. The number of aromatic nitrogens is 1. The summed E-state index contributed by atoms with van der Waals surface area (Å²) in [6.07, 6.45) is 1.66. The van der Waals surface area contributed by atoms with E-state index in [4.69, 9.17) is 9.47 Å². The molecule has 29 heavy (non-hydrogen) atoms. The zero-order valence-electron chi connectivity index (χ0n) is 16.9. The van der Waals surface area contributed by atoms with E-state index >= 15 is 0 Å². The van der Waals surface area contributed by atoms with Crippen molar-refractivity contribution in [2.75, 3.05) is 14.2 Å². The van der Waals surface area contributed by atoms with Gasteiger partial charge in [-0.2, -0.15) is 0 Å². The van der Waals surface area contributed by atoms with Gasteiger partial charge in [-0.25, -0.2) is 9.78 Å². The van der Waals surface area contributed by atoms with Crippen molar-refractivity contribution in [2.24, 2.45) is 0 Å². The Morgan fingerprint density at radius 3 is 2.52 bits per heavy atom. The van der Waals surface area contributed by atoms with Gasteiger partial charge in [-0.3, -0.25) is 0 Å². The Labute approximate surface area is 171 Å². The van der Waals surface area contributed by atoms with E-state index in [0.717, 1.165) is 16.9 Å². The van der Waals surface area contributed by atoms with E-state index in [2.05, 4.69) is 10.3 Å². The molecule has 2 aromatic carbocycles. The second kappa shape index (κ2) is 9.59. The van der Waals surface area contributed by atoms with Crippen molar-refractivity contribution in [1.29, 1.82) is 0 Å². The van der Waals surface area contributed by atoms with Crippen molar-refractivity contribution in [3.63, 3.8) is 0 Å². The number of rotatable bonds is 7. The van der Waals surface area contributed by atoms with Crippen molar-refractivity contribution in [3.05, 3.63) is 83.6 Å². The second-order valence-electron chi connectivity index (χ2n) is 6.72. The minimum absolute atomic E-state index is 0.136. The molecule has 0 fully saturated rings. The maximum Gasteiger partial charge on any atom is 0.317 e. The van der Waals surface area contributed by atoms with Crippen molar-refractivity contribution >= 4 is 6.03 Å². The Morgan fingerprint density at radius 1 is 1.07 bits per heavy atom. The zero-order chi connectivity index (χ0) is 20.6. The van der Waals surface area contributed by atoms with Crippen molar-refractivity contribution in [2.45, 2.75) is 20.0 Å². The number of urea groups is 1. The van der Waals surface area contributed by atoms with E-state index in [9.17, 15) is 4.79 Å². The lowest BCUT2D eigenvalue weighted by Gasteiger charge is -2.19. The first-order valence-corrected chi connectivity index (χ1v) is 9.35. The van der Waals surface area contributed by atoms with E-state index in [1.54, 1.807) is 25.3 Å². The van der Waals surface area contributed by atoms with Gasteiger partial charge in [0.2, 0.25) is 5.88 Å². The smallest absolute Gasteiger partial charge is 0.317 e. The summed E-state index contributed by atoms with van der Waals surface area (Å²) in [6.45, 7) is 2.99. The summed E-state index contributed by atoms with van der Waals surface area (Å²) in [6, 6.07) is 18.9. The van der Waals surface area contributed by atoms with E-state index < -0.39 is 0 Å². The van der Waals surface area contributed by atoms with Crippen molar-refractivity contribution in [1.82, 2.24) is 15.2 Å². The highest BCUT2D eigenvalue weighted by Gasteiger charge is 2.10. The van der Waals surface area contributed by atoms with Crippen LogP contribution in [0, 0.1) is 6.92 Å². The van der Waals surface area contributed by atoms with E-state index in [0.29, 0.717) is 24.7 Å². The lowest BCUT2D eigenvalue weighted by molar-refractivity contribution is 0.206. The van der Waals surface area contributed by atoms with Crippen LogP contribution in [0.1, 0.15) is 16.7 Å². The largest absolute Gasteiger partial charge is 0.497 e. The summed E-state index contributed by atoms with van der Waals surface area (Å²) < 4.78 is 10.9. The molecule has 0 saturated carbocycles. The SMILES string of the molecule is COc1ccc(Oc2cc(CNC(=O)N(C)Cc3ccccc3C)ccn2)cc1. The molecule has 0 atom stereocenters. The van der Waals surface area contributed by atoms with Crippen LogP contribution >= 0.6 is 0 Å². The molecule has 0 saturated heterocycles. The first-order valence-electron chi connectivity index (χ1n) is 9.35. The van der Waals surface area contributed by atoms with Crippen LogP contribution in [-0.4, -0.2) is 30.1 Å². The number of ether oxygens (including phenoxy) is 2. The molecule has 0 aliphatic heterocycles. The molecule has 0 aliphatic rings. The molecule has 0 spiro atoms. The molecule has 1 N–H and O–H groups in total. The van der Waals surface area contributed by atoms with Crippen LogP contribution in [-0.2, 0) is 13.1 Å². The third kappa shape index (κ3) is 5.72. The number of hydrogen-bond donors (Lipinski definition) is 1. The summed E-state index contributed by atoms with van der Waals surface area (Å²) in [4.78, 5) is 18.3. The normalized spacial score (nSPS) is 10.3. The van der Waals surface area contributed by atoms with Crippen LogP contribution in [0.15, 0.2) is 66.9 Å². The van der Waals surface area contributed by atoms with Gasteiger partial charge in [-0.1, -0.05) is 24.3 Å². The van der Waals surface area contributed by atoms with Gasteiger partial charge in [0, 0.05) is 32.4 Å². The maximum absolute atomic E-state index is 12.4. The second-order valence-corrected chi connectivity index (χ2v) is 6.72. The number of amides is 2. The van der Waals surface area contributed by atoms with Gasteiger partial charge in [0.15, 0.2) is 0 Å². The summed E-state index contributed by atoms with van der Waals surface area (Å²) in [5.74, 6) is 1.89. The fourth-order valence-electron chi connectivity index (χ4n) is 2.81. The molecule has 150 valence electrons. The third-order valence-electron chi connectivity index (χ3n) is 4.54. The monoisotopic (exact) mass is 391 g/mol. The predicted octanol–water partition coefficient (Wildman–Crippen LogP) is 4.53. The molecule has 6 nitrogen and oxygen atoms in total. The Hall–Kier alpha value is -3.54. The highest BCUT2D eigenvalue weighted by atomic mass is 16.5. The fraction of sp³-hybridized carbons (Fsp3) is 0.217. The van der Waals surface area contributed by atoms with Gasteiger partial charge in [-0.15, -0.1) is 0 Å². The number of nitrogens with one attached hydrogen (secondary N) is 1. The van der Waals surface area contributed by atoms with Crippen molar-refractivity contribution < 1.29 is 14.3 Å². The van der Waals surface area contributed by atoms with Gasteiger partial charge in [0.25, 0.3) is 0 Å². The van der Waals surface area contributed by atoms with Crippen molar-refractivity contribution in [3.8, 4) is 17.4 Å². The number of carbonyl (C=O) groups excluding carboxylic acids is 1. The minimum Gasteiger partial charge on any atom is -0.497 e. The lowest BCUT2D eigenvalue weighted by atomic mass is 10.1. The van der Waals surface area contributed by atoms with E-state index in [1.807, 2.05) is 67.6 Å². The summed E-state index contributed by atoms with van der Waals surface area (Å²) in [5, 5.41) is 2.93. The summed E-state index contributed by atoms with van der Waals surface area (Å²) in [5.41, 5.74) is 3.20. The molecular weight excluding hydrogens is 366 g/mol. The van der Waals surface area contributed by atoms with Crippen LogP contribution in [0.2, 0.25) is 0 Å². The molecule has 0 radical (unpaired) electrons. The number of hydrogen-bond acceptors (Lipinski definition) is 4.